The van der Waals surface area contributed by atoms with E-state index in [2.05, 4.69) is 21.3 Å². The highest BCUT2D eigenvalue weighted by Crippen LogP contribution is 2.25. The predicted octanol–water partition coefficient (Wildman–Crippen LogP) is 2.06. The van der Waals surface area contributed by atoms with Gasteiger partial charge in [0, 0.05) is 32.4 Å². The van der Waals surface area contributed by atoms with Gasteiger partial charge in [-0.05, 0) is 43.4 Å². The number of nitrogens with one attached hydrogen (secondary N) is 1. The van der Waals surface area contributed by atoms with Crippen molar-refractivity contribution < 1.29 is 4.79 Å². The third-order valence-electron chi connectivity index (χ3n) is 4.92. The molecule has 1 aliphatic heterocycles. The fraction of sp³-hybridized carbons (Fsp3) is 0.647. The molecule has 0 saturated carbocycles. The molecule has 1 aromatic heterocycles. The molecule has 0 bridgehead atoms. The molecule has 0 spiro atoms. The van der Waals surface area contributed by atoms with E-state index in [1.165, 1.54) is 12.8 Å². The highest BCUT2D eigenvalue weighted by molar-refractivity contribution is 5.82. The smallest absolute Gasteiger partial charge is 0.227 e. The lowest BCUT2D eigenvalue weighted by Crippen LogP contribution is -2.45. The van der Waals surface area contributed by atoms with Crippen molar-refractivity contribution in [3.63, 3.8) is 0 Å². The predicted molar refractivity (Wildman–Crippen MR) is 89.6 cm³/mol. The van der Waals surface area contributed by atoms with Crippen LogP contribution in [0.5, 0.6) is 0 Å². The molecular weight excluding hydrogens is 276 g/mol. The lowest BCUT2D eigenvalue weighted by Gasteiger charge is -2.28. The van der Waals surface area contributed by atoms with Gasteiger partial charge in [0.05, 0.1) is 5.41 Å². The lowest BCUT2D eigenvalue weighted by atomic mass is 9.81. The van der Waals surface area contributed by atoms with Gasteiger partial charge in [-0.3, -0.25) is 4.79 Å². The SMILES string of the molecule is CCC(CC)(CN)C(=O)NCc1ccnc(N2CCCC2)c1. The molecule has 1 aliphatic rings. The summed E-state index contributed by atoms with van der Waals surface area (Å²) in [6.07, 6.45) is 5.82. The van der Waals surface area contributed by atoms with Gasteiger partial charge >= 0.3 is 0 Å². The molecule has 1 amide bonds. The van der Waals surface area contributed by atoms with Gasteiger partial charge in [0.1, 0.15) is 5.82 Å². The molecule has 2 heterocycles. The largest absolute Gasteiger partial charge is 0.357 e. The first kappa shape index (κ1) is 16.7. The summed E-state index contributed by atoms with van der Waals surface area (Å²) in [5, 5.41) is 3.05. The first-order chi connectivity index (χ1) is 10.6. The van der Waals surface area contributed by atoms with Crippen molar-refractivity contribution in [2.75, 3.05) is 24.5 Å². The molecule has 0 atom stereocenters. The van der Waals surface area contributed by atoms with E-state index in [9.17, 15) is 4.79 Å². The molecule has 5 heteroatoms. The average molecular weight is 304 g/mol. The van der Waals surface area contributed by atoms with Gasteiger partial charge in [-0.25, -0.2) is 4.98 Å². The van der Waals surface area contributed by atoms with Gasteiger partial charge in [0.25, 0.3) is 0 Å². The summed E-state index contributed by atoms with van der Waals surface area (Å²) in [6.45, 7) is 7.11. The molecule has 1 saturated heterocycles. The number of nitrogens with two attached hydrogens (primary N) is 1. The minimum atomic E-state index is -0.440. The van der Waals surface area contributed by atoms with Crippen molar-refractivity contribution in [2.45, 2.75) is 46.1 Å². The standard InChI is InChI=1S/C17H28N4O/c1-3-17(4-2,13-18)16(22)20-12-14-7-8-19-15(11-14)21-9-5-6-10-21/h7-8,11H,3-6,9-10,12-13,18H2,1-2H3,(H,20,22). The summed E-state index contributed by atoms with van der Waals surface area (Å²) in [4.78, 5) is 19.2. The van der Waals surface area contributed by atoms with E-state index in [-0.39, 0.29) is 5.91 Å². The maximum absolute atomic E-state index is 12.5. The van der Waals surface area contributed by atoms with Crippen molar-refractivity contribution in [3.8, 4) is 0 Å². The fourth-order valence-corrected chi connectivity index (χ4v) is 3.01. The lowest BCUT2D eigenvalue weighted by molar-refractivity contribution is -0.131. The van der Waals surface area contributed by atoms with E-state index in [1.54, 1.807) is 0 Å². The van der Waals surface area contributed by atoms with E-state index in [0.717, 1.165) is 37.3 Å². The summed E-state index contributed by atoms with van der Waals surface area (Å²) in [5.74, 6) is 1.07. The third kappa shape index (κ3) is 3.58. The Morgan fingerprint density at radius 2 is 2.05 bits per heavy atom. The number of aromatic nitrogens is 1. The molecule has 1 aromatic rings. The van der Waals surface area contributed by atoms with Crippen molar-refractivity contribution >= 4 is 11.7 Å². The molecule has 5 nitrogen and oxygen atoms in total. The van der Waals surface area contributed by atoms with E-state index < -0.39 is 5.41 Å². The van der Waals surface area contributed by atoms with E-state index >= 15 is 0 Å². The second kappa shape index (κ2) is 7.58. The zero-order chi connectivity index (χ0) is 16.0. The van der Waals surface area contributed by atoms with Crippen LogP contribution in [-0.4, -0.2) is 30.5 Å². The van der Waals surface area contributed by atoms with Crippen molar-refractivity contribution in [1.29, 1.82) is 0 Å². The Kier molecular flexibility index (Phi) is 5.77. The van der Waals surface area contributed by atoms with Crippen LogP contribution in [0.1, 0.15) is 45.1 Å². The Bertz CT molecular complexity index is 485. The molecule has 0 aromatic carbocycles. The van der Waals surface area contributed by atoms with Crippen molar-refractivity contribution in [2.24, 2.45) is 11.1 Å². The van der Waals surface area contributed by atoms with Crippen LogP contribution >= 0.6 is 0 Å². The molecule has 1 fully saturated rings. The normalized spacial score (nSPS) is 15.1. The number of pyridine rings is 1. The Morgan fingerprint density at radius 3 is 2.64 bits per heavy atom. The topological polar surface area (TPSA) is 71.2 Å². The van der Waals surface area contributed by atoms with Crippen LogP contribution < -0.4 is 16.0 Å². The first-order valence-electron chi connectivity index (χ1n) is 8.33. The van der Waals surface area contributed by atoms with Crippen molar-refractivity contribution in [3.05, 3.63) is 23.9 Å². The minimum absolute atomic E-state index is 0.0551. The van der Waals surface area contributed by atoms with Gasteiger partial charge in [-0.15, -0.1) is 0 Å². The zero-order valence-corrected chi connectivity index (χ0v) is 13.8. The molecule has 0 unspecified atom stereocenters. The van der Waals surface area contributed by atoms with Gasteiger partial charge in [0.15, 0.2) is 0 Å². The maximum Gasteiger partial charge on any atom is 0.227 e. The Hall–Kier alpha value is -1.62. The molecule has 2 rings (SSSR count). The Morgan fingerprint density at radius 1 is 1.36 bits per heavy atom. The van der Waals surface area contributed by atoms with Crippen LogP contribution in [0.25, 0.3) is 0 Å². The quantitative estimate of drug-likeness (QED) is 0.809. The molecule has 3 N–H and O–H groups in total. The summed E-state index contributed by atoms with van der Waals surface area (Å²) in [6, 6.07) is 4.04. The molecule has 0 radical (unpaired) electrons. The number of anilines is 1. The summed E-state index contributed by atoms with van der Waals surface area (Å²) in [7, 11) is 0. The van der Waals surface area contributed by atoms with E-state index in [0.29, 0.717) is 13.1 Å². The minimum Gasteiger partial charge on any atom is -0.357 e. The highest BCUT2D eigenvalue weighted by atomic mass is 16.2. The highest BCUT2D eigenvalue weighted by Gasteiger charge is 2.32. The summed E-state index contributed by atoms with van der Waals surface area (Å²) in [5.41, 5.74) is 6.47. The van der Waals surface area contributed by atoms with E-state index in [4.69, 9.17) is 5.73 Å². The van der Waals surface area contributed by atoms with Gasteiger partial charge in [-0.2, -0.15) is 0 Å². The van der Waals surface area contributed by atoms with E-state index in [1.807, 2.05) is 26.1 Å². The number of hydrogen-bond acceptors (Lipinski definition) is 4. The van der Waals surface area contributed by atoms with Gasteiger partial charge in [-0.1, -0.05) is 13.8 Å². The Labute approximate surface area is 133 Å². The number of carbonyl (C=O) groups is 1. The van der Waals surface area contributed by atoms with Crippen LogP contribution in [0.3, 0.4) is 0 Å². The second-order valence-electron chi connectivity index (χ2n) is 6.09. The van der Waals surface area contributed by atoms with Gasteiger partial charge < -0.3 is 16.0 Å². The van der Waals surface area contributed by atoms with Crippen molar-refractivity contribution in [1.82, 2.24) is 10.3 Å². The monoisotopic (exact) mass is 304 g/mol. The number of nitrogens with zero attached hydrogens (tertiary/aromatic N) is 2. The van der Waals surface area contributed by atoms with Crippen LogP contribution in [0.4, 0.5) is 5.82 Å². The van der Waals surface area contributed by atoms with Gasteiger partial charge in [0.2, 0.25) is 5.91 Å². The average Bonchev–Trinajstić information content (AvgIpc) is 3.10. The number of hydrogen-bond donors (Lipinski definition) is 2. The summed E-state index contributed by atoms with van der Waals surface area (Å²) < 4.78 is 0. The van der Waals surface area contributed by atoms with Crippen LogP contribution in [0.2, 0.25) is 0 Å². The Balaban J connectivity index is 1.99. The van der Waals surface area contributed by atoms with Crippen LogP contribution in [0.15, 0.2) is 18.3 Å². The fourth-order valence-electron chi connectivity index (χ4n) is 3.01. The zero-order valence-electron chi connectivity index (χ0n) is 13.8. The number of amides is 1. The molecule has 22 heavy (non-hydrogen) atoms. The third-order valence-corrected chi connectivity index (χ3v) is 4.92. The molecular formula is C17H28N4O. The van der Waals surface area contributed by atoms with Crippen LogP contribution in [0, 0.1) is 5.41 Å². The molecule has 122 valence electrons. The van der Waals surface area contributed by atoms with Crippen LogP contribution in [-0.2, 0) is 11.3 Å². The first-order valence-corrected chi connectivity index (χ1v) is 8.33. The second-order valence-corrected chi connectivity index (χ2v) is 6.09. The maximum atomic E-state index is 12.5. The number of rotatable bonds is 7. The summed E-state index contributed by atoms with van der Waals surface area (Å²) >= 11 is 0. The number of carbonyl (C=O) groups excluding carboxylic acids is 1. The molecule has 0 aliphatic carbocycles.